The quantitative estimate of drug-likeness (QED) is 0.592. The summed E-state index contributed by atoms with van der Waals surface area (Å²) in [6.07, 6.45) is 2.22. The van der Waals surface area contributed by atoms with Gasteiger partial charge in [-0.05, 0) is 43.4 Å². The predicted octanol–water partition coefficient (Wildman–Crippen LogP) is 3.01. The van der Waals surface area contributed by atoms with E-state index in [4.69, 9.17) is 4.74 Å². The first kappa shape index (κ1) is 15.9. The molecule has 0 heterocycles. The number of hydrogen-bond acceptors (Lipinski definition) is 5. The lowest BCUT2D eigenvalue weighted by molar-refractivity contribution is -0.0554. The fraction of sp³-hybridized carbons (Fsp3) is 0.867. The van der Waals surface area contributed by atoms with E-state index in [0.717, 1.165) is 6.42 Å². The smallest absolute Gasteiger partial charge is 0.438 e. The van der Waals surface area contributed by atoms with Crippen LogP contribution in [0, 0.1) is 17.3 Å². The lowest BCUT2D eigenvalue weighted by Gasteiger charge is -2.52. The van der Waals surface area contributed by atoms with E-state index >= 15 is 0 Å². The van der Waals surface area contributed by atoms with Crippen LogP contribution in [0.3, 0.4) is 0 Å². The molecule has 2 saturated carbocycles. The first-order valence-electron chi connectivity index (χ1n) is 7.36. The molecule has 2 aliphatic carbocycles. The van der Waals surface area contributed by atoms with Crippen LogP contribution in [0.1, 0.15) is 40.0 Å². The van der Waals surface area contributed by atoms with Gasteiger partial charge >= 0.3 is 12.2 Å². The minimum atomic E-state index is -0.864. The highest BCUT2D eigenvalue weighted by atomic mass is 16.8. The van der Waals surface area contributed by atoms with Gasteiger partial charge < -0.3 is 19.1 Å². The van der Waals surface area contributed by atoms with Crippen molar-refractivity contribution in [1.29, 1.82) is 0 Å². The summed E-state index contributed by atoms with van der Waals surface area (Å²) in [6.45, 7) is 6.16. The molecule has 2 aliphatic rings. The van der Waals surface area contributed by atoms with Crippen molar-refractivity contribution in [1.82, 2.24) is 4.90 Å². The molecule has 3 atom stereocenters. The molecule has 6 heteroatoms. The highest BCUT2D eigenvalue weighted by Gasteiger charge is 2.63. The first-order chi connectivity index (χ1) is 9.75. The molecule has 2 fully saturated rings. The van der Waals surface area contributed by atoms with E-state index in [0.29, 0.717) is 11.8 Å². The average molecular weight is 299 g/mol. The maximum atomic E-state index is 12.2. The van der Waals surface area contributed by atoms with Gasteiger partial charge in [0, 0.05) is 7.05 Å². The number of ether oxygens (including phenoxy) is 3. The number of carbonyl (C=O) groups excluding carboxylic acids is 2. The van der Waals surface area contributed by atoms with Gasteiger partial charge in [-0.1, -0.05) is 13.8 Å². The van der Waals surface area contributed by atoms with Crippen molar-refractivity contribution < 1.29 is 23.8 Å². The maximum absolute atomic E-state index is 12.2. The molecule has 0 spiro atoms. The van der Waals surface area contributed by atoms with Gasteiger partial charge in [-0.15, -0.1) is 0 Å². The van der Waals surface area contributed by atoms with E-state index in [1.54, 1.807) is 11.9 Å². The molecule has 21 heavy (non-hydrogen) atoms. The molecule has 0 radical (unpaired) electrons. The summed E-state index contributed by atoms with van der Waals surface area (Å²) in [5.74, 6) is 1.14. The van der Waals surface area contributed by atoms with Crippen LogP contribution in [0.15, 0.2) is 0 Å². The van der Waals surface area contributed by atoms with Crippen molar-refractivity contribution in [3.05, 3.63) is 0 Å². The normalized spacial score (nSPS) is 32.6. The third kappa shape index (κ3) is 2.34. The highest BCUT2D eigenvalue weighted by molar-refractivity contribution is 5.69. The average Bonchev–Trinajstić information content (AvgIpc) is 3.00. The van der Waals surface area contributed by atoms with Crippen LogP contribution in [-0.2, 0) is 14.2 Å². The molecule has 0 saturated heterocycles. The third-order valence-corrected chi connectivity index (χ3v) is 6.05. The molecule has 2 bridgehead atoms. The molecular formula is C15H25NO5. The molecule has 0 aliphatic heterocycles. The van der Waals surface area contributed by atoms with Gasteiger partial charge in [-0.2, -0.15) is 0 Å². The van der Waals surface area contributed by atoms with E-state index in [1.165, 1.54) is 20.0 Å². The highest BCUT2D eigenvalue weighted by Crippen LogP contribution is 2.63. The Morgan fingerprint density at radius 3 is 2.29 bits per heavy atom. The van der Waals surface area contributed by atoms with Crippen molar-refractivity contribution in [3.63, 3.8) is 0 Å². The van der Waals surface area contributed by atoms with Crippen molar-refractivity contribution in [2.24, 2.45) is 17.3 Å². The number of fused-ring (bicyclic) bond motifs is 2. The topological polar surface area (TPSA) is 65.1 Å². The number of amides is 1. The maximum Gasteiger partial charge on any atom is 0.510 e. The Morgan fingerprint density at radius 1 is 1.14 bits per heavy atom. The number of nitrogens with zero attached hydrogens (tertiary/aromatic N) is 1. The Kier molecular flexibility index (Phi) is 4.08. The standard InChI is InChI=1S/C15H25NO5/c1-14(2)10-6-7-11(8-10)15(14,3)16(4)12(17)20-9-21-13(18)19-5/h10-11H,6-9H2,1-5H3. The van der Waals surface area contributed by atoms with Crippen LogP contribution in [0.25, 0.3) is 0 Å². The molecule has 0 aromatic heterocycles. The molecule has 2 rings (SSSR count). The summed E-state index contributed by atoms with van der Waals surface area (Å²) in [7, 11) is 2.97. The minimum absolute atomic E-state index is 0.0485. The summed E-state index contributed by atoms with van der Waals surface area (Å²) in [4.78, 5) is 24.8. The second kappa shape index (κ2) is 5.39. The Labute approximate surface area is 125 Å². The fourth-order valence-corrected chi connectivity index (χ4v) is 4.27. The Balaban J connectivity index is 2.00. The largest absolute Gasteiger partial charge is 0.510 e. The molecule has 3 unspecified atom stereocenters. The molecule has 0 N–H and O–H groups in total. The van der Waals surface area contributed by atoms with Gasteiger partial charge in [0.05, 0.1) is 12.6 Å². The predicted molar refractivity (Wildman–Crippen MR) is 75.6 cm³/mol. The van der Waals surface area contributed by atoms with Crippen LogP contribution in [0.5, 0.6) is 0 Å². The van der Waals surface area contributed by atoms with Crippen LogP contribution in [0.2, 0.25) is 0 Å². The van der Waals surface area contributed by atoms with Crippen LogP contribution in [-0.4, -0.2) is 43.6 Å². The third-order valence-electron chi connectivity index (χ3n) is 6.05. The van der Waals surface area contributed by atoms with Crippen molar-refractivity contribution >= 4 is 12.2 Å². The Bertz CT molecular complexity index is 436. The van der Waals surface area contributed by atoms with Gasteiger partial charge in [0.2, 0.25) is 6.79 Å². The number of methoxy groups -OCH3 is 1. The molecule has 1 amide bonds. The zero-order chi connectivity index (χ0) is 15.8. The van der Waals surface area contributed by atoms with Gasteiger partial charge in [0.15, 0.2) is 0 Å². The number of carbonyl (C=O) groups is 2. The summed E-state index contributed by atoms with van der Waals surface area (Å²) >= 11 is 0. The van der Waals surface area contributed by atoms with E-state index < -0.39 is 19.0 Å². The molecule has 120 valence electrons. The van der Waals surface area contributed by atoms with E-state index in [2.05, 4.69) is 30.2 Å². The summed E-state index contributed by atoms with van der Waals surface area (Å²) < 4.78 is 13.9. The van der Waals surface area contributed by atoms with Crippen LogP contribution >= 0.6 is 0 Å². The van der Waals surface area contributed by atoms with Gasteiger partial charge in [-0.25, -0.2) is 9.59 Å². The summed E-state index contributed by atoms with van der Waals surface area (Å²) in [6, 6.07) is 0. The van der Waals surface area contributed by atoms with Crippen molar-refractivity contribution in [2.75, 3.05) is 21.0 Å². The molecule has 0 aromatic rings. The van der Waals surface area contributed by atoms with Crippen molar-refractivity contribution in [3.8, 4) is 0 Å². The zero-order valence-corrected chi connectivity index (χ0v) is 13.5. The Morgan fingerprint density at radius 2 is 1.76 bits per heavy atom. The minimum Gasteiger partial charge on any atom is -0.438 e. The Hall–Kier alpha value is -1.46. The number of rotatable bonds is 3. The van der Waals surface area contributed by atoms with Gasteiger partial charge in [0.1, 0.15) is 0 Å². The van der Waals surface area contributed by atoms with E-state index in [1.807, 2.05) is 0 Å². The molecule has 6 nitrogen and oxygen atoms in total. The molecule has 0 aromatic carbocycles. The molecular weight excluding hydrogens is 274 g/mol. The lowest BCUT2D eigenvalue weighted by Crippen LogP contribution is -2.59. The first-order valence-corrected chi connectivity index (χ1v) is 7.36. The lowest BCUT2D eigenvalue weighted by atomic mass is 9.63. The number of hydrogen-bond donors (Lipinski definition) is 0. The van der Waals surface area contributed by atoms with Crippen LogP contribution in [0.4, 0.5) is 9.59 Å². The summed E-state index contributed by atoms with van der Waals surface area (Å²) in [5.41, 5.74) is -0.189. The fourth-order valence-electron chi connectivity index (χ4n) is 4.27. The van der Waals surface area contributed by atoms with Crippen LogP contribution < -0.4 is 0 Å². The SMILES string of the molecule is COC(=O)OCOC(=O)N(C)C1(C)C2CCC(C2)C1(C)C. The second-order valence-electron chi connectivity index (χ2n) is 6.76. The monoisotopic (exact) mass is 299 g/mol. The summed E-state index contributed by atoms with van der Waals surface area (Å²) in [5, 5.41) is 0. The van der Waals surface area contributed by atoms with Gasteiger partial charge in [0.25, 0.3) is 0 Å². The van der Waals surface area contributed by atoms with Gasteiger partial charge in [-0.3, -0.25) is 0 Å². The van der Waals surface area contributed by atoms with E-state index in [9.17, 15) is 9.59 Å². The van der Waals surface area contributed by atoms with E-state index in [-0.39, 0.29) is 11.0 Å². The zero-order valence-electron chi connectivity index (χ0n) is 13.5. The van der Waals surface area contributed by atoms with Crippen molar-refractivity contribution in [2.45, 2.75) is 45.6 Å². The second-order valence-corrected chi connectivity index (χ2v) is 6.76.